The lowest BCUT2D eigenvalue weighted by atomic mass is 10.1. The normalized spacial score (nSPS) is 10.0. The van der Waals surface area contributed by atoms with E-state index in [2.05, 4.69) is 4.74 Å². The van der Waals surface area contributed by atoms with Crippen LogP contribution in [0.1, 0.15) is 10.4 Å². The molecule has 0 unspecified atom stereocenters. The van der Waals surface area contributed by atoms with Gasteiger partial charge in [-0.15, -0.1) is 0 Å². The van der Waals surface area contributed by atoms with Gasteiger partial charge in [0.2, 0.25) is 0 Å². The fraction of sp³-hybridized carbons (Fsp3) is 0.0476. The summed E-state index contributed by atoms with van der Waals surface area (Å²) < 4.78 is 15.2. The summed E-state index contributed by atoms with van der Waals surface area (Å²) in [7, 11) is 1.26. The van der Waals surface area contributed by atoms with Crippen molar-refractivity contribution < 1.29 is 23.8 Å². The standard InChI is InChI=1S/C21H16O5/c1-24-20(22)17-12-6-8-14-19(17)26-21(23)25-18-13-7-5-11-16(18)15-9-3-2-4-10-15/h2-14H,1H3. The van der Waals surface area contributed by atoms with Gasteiger partial charge in [0.05, 0.1) is 7.11 Å². The molecule has 26 heavy (non-hydrogen) atoms. The minimum absolute atomic E-state index is 0.0709. The average Bonchev–Trinajstić information content (AvgIpc) is 2.69. The molecule has 0 fully saturated rings. The second-order valence-electron chi connectivity index (χ2n) is 5.30. The molecule has 5 heteroatoms. The fourth-order valence-electron chi connectivity index (χ4n) is 2.45. The molecule has 0 radical (unpaired) electrons. The van der Waals surface area contributed by atoms with Crippen LogP contribution >= 0.6 is 0 Å². The van der Waals surface area contributed by atoms with Crippen LogP contribution in [-0.4, -0.2) is 19.2 Å². The maximum atomic E-state index is 12.2. The SMILES string of the molecule is COC(=O)c1ccccc1OC(=O)Oc1ccccc1-c1ccccc1. The van der Waals surface area contributed by atoms with E-state index in [9.17, 15) is 9.59 Å². The van der Waals surface area contributed by atoms with Crippen LogP contribution in [0.15, 0.2) is 78.9 Å². The van der Waals surface area contributed by atoms with Crippen molar-refractivity contribution in [2.24, 2.45) is 0 Å². The molecule has 3 rings (SSSR count). The van der Waals surface area contributed by atoms with Gasteiger partial charge in [-0.1, -0.05) is 60.7 Å². The lowest BCUT2D eigenvalue weighted by Gasteiger charge is -2.11. The van der Waals surface area contributed by atoms with Crippen LogP contribution < -0.4 is 9.47 Å². The number of benzene rings is 3. The molecule has 130 valence electrons. The highest BCUT2D eigenvalue weighted by molar-refractivity contribution is 5.93. The third-order valence-corrected chi connectivity index (χ3v) is 3.65. The van der Waals surface area contributed by atoms with Gasteiger partial charge in [0.1, 0.15) is 17.1 Å². The van der Waals surface area contributed by atoms with Gasteiger partial charge in [-0.2, -0.15) is 0 Å². The average molecular weight is 348 g/mol. The molecule has 0 aliphatic heterocycles. The molecule has 0 aromatic heterocycles. The smallest absolute Gasteiger partial charge is 0.465 e. The molecule has 0 spiro atoms. The van der Waals surface area contributed by atoms with Crippen LogP contribution in [0.4, 0.5) is 4.79 Å². The highest BCUT2D eigenvalue weighted by Crippen LogP contribution is 2.30. The molecule has 0 aliphatic carbocycles. The monoisotopic (exact) mass is 348 g/mol. The van der Waals surface area contributed by atoms with Crippen LogP contribution in [0.25, 0.3) is 11.1 Å². The topological polar surface area (TPSA) is 61.8 Å². The Bertz CT molecular complexity index is 918. The van der Waals surface area contributed by atoms with E-state index in [-0.39, 0.29) is 11.3 Å². The largest absolute Gasteiger partial charge is 0.519 e. The Labute approximate surface area is 150 Å². The third kappa shape index (κ3) is 3.89. The fourth-order valence-corrected chi connectivity index (χ4v) is 2.45. The first-order chi connectivity index (χ1) is 12.7. The highest BCUT2D eigenvalue weighted by Gasteiger charge is 2.17. The maximum absolute atomic E-state index is 12.2. The van der Waals surface area contributed by atoms with Crippen LogP contribution in [0.2, 0.25) is 0 Å². The van der Waals surface area contributed by atoms with Crippen molar-refractivity contribution in [1.82, 2.24) is 0 Å². The summed E-state index contributed by atoms with van der Waals surface area (Å²) in [6.07, 6.45) is -0.940. The van der Waals surface area contributed by atoms with E-state index in [0.717, 1.165) is 11.1 Å². The number of methoxy groups -OCH3 is 1. The predicted octanol–water partition coefficient (Wildman–Crippen LogP) is 4.72. The van der Waals surface area contributed by atoms with E-state index in [0.29, 0.717) is 5.75 Å². The van der Waals surface area contributed by atoms with Gasteiger partial charge in [0.15, 0.2) is 0 Å². The van der Waals surface area contributed by atoms with Crippen molar-refractivity contribution in [2.45, 2.75) is 0 Å². The van der Waals surface area contributed by atoms with E-state index in [4.69, 9.17) is 9.47 Å². The first kappa shape index (κ1) is 17.2. The number of carbonyl (C=O) groups excluding carboxylic acids is 2. The first-order valence-electron chi connectivity index (χ1n) is 7.90. The number of ether oxygens (including phenoxy) is 3. The van der Waals surface area contributed by atoms with Gasteiger partial charge in [0, 0.05) is 5.56 Å². The lowest BCUT2D eigenvalue weighted by Crippen LogP contribution is -2.16. The van der Waals surface area contributed by atoms with Crippen molar-refractivity contribution in [2.75, 3.05) is 7.11 Å². The molecule has 0 saturated carbocycles. The van der Waals surface area contributed by atoms with E-state index >= 15 is 0 Å². The molecule has 5 nitrogen and oxygen atoms in total. The summed E-state index contributed by atoms with van der Waals surface area (Å²) in [5.41, 5.74) is 1.81. The Kier molecular flexibility index (Phi) is 5.29. The van der Waals surface area contributed by atoms with Gasteiger partial charge >= 0.3 is 12.1 Å². The molecule has 0 saturated heterocycles. The second kappa shape index (κ2) is 7.98. The van der Waals surface area contributed by atoms with E-state index in [1.165, 1.54) is 19.2 Å². The molecule has 3 aromatic rings. The maximum Gasteiger partial charge on any atom is 0.519 e. The predicted molar refractivity (Wildman–Crippen MR) is 96.3 cm³/mol. The summed E-state index contributed by atoms with van der Waals surface area (Å²) in [6, 6.07) is 23.0. The summed E-state index contributed by atoms with van der Waals surface area (Å²) in [4.78, 5) is 24.0. The Morgan fingerprint density at radius 1 is 0.692 bits per heavy atom. The van der Waals surface area contributed by atoms with Crippen molar-refractivity contribution in [3.05, 3.63) is 84.4 Å². The second-order valence-corrected chi connectivity index (χ2v) is 5.30. The summed E-state index contributed by atoms with van der Waals surface area (Å²) in [5, 5.41) is 0. The Balaban J connectivity index is 1.82. The number of para-hydroxylation sites is 2. The molecule has 0 N–H and O–H groups in total. The van der Waals surface area contributed by atoms with E-state index in [1.807, 2.05) is 42.5 Å². The third-order valence-electron chi connectivity index (χ3n) is 3.65. The van der Waals surface area contributed by atoms with Crippen molar-refractivity contribution >= 4 is 12.1 Å². The van der Waals surface area contributed by atoms with Gasteiger partial charge in [-0.05, 0) is 23.8 Å². The van der Waals surface area contributed by atoms with Gasteiger partial charge in [-0.25, -0.2) is 9.59 Å². The molecule has 0 heterocycles. The van der Waals surface area contributed by atoms with Gasteiger partial charge < -0.3 is 14.2 Å². The Morgan fingerprint density at radius 2 is 1.27 bits per heavy atom. The Hall–Kier alpha value is -3.60. The quantitative estimate of drug-likeness (QED) is 0.504. The zero-order chi connectivity index (χ0) is 18.4. The minimum atomic E-state index is -0.940. The van der Waals surface area contributed by atoms with Gasteiger partial charge in [-0.3, -0.25) is 0 Å². The number of carbonyl (C=O) groups is 2. The molecule has 0 amide bonds. The van der Waals surface area contributed by atoms with Crippen molar-refractivity contribution in [1.29, 1.82) is 0 Å². The van der Waals surface area contributed by atoms with Crippen LogP contribution in [-0.2, 0) is 4.74 Å². The molecular formula is C21H16O5. The zero-order valence-corrected chi connectivity index (χ0v) is 14.0. The molecule has 0 bridgehead atoms. The lowest BCUT2D eigenvalue weighted by molar-refractivity contribution is 0.0597. The zero-order valence-electron chi connectivity index (χ0n) is 14.0. The number of hydrogen-bond acceptors (Lipinski definition) is 5. The van der Waals surface area contributed by atoms with Gasteiger partial charge in [0.25, 0.3) is 0 Å². The van der Waals surface area contributed by atoms with Crippen molar-refractivity contribution in [3.63, 3.8) is 0 Å². The van der Waals surface area contributed by atoms with E-state index in [1.54, 1.807) is 24.3 Å². The molecular weight excluding hydrogens is 332 g/mol. The van der Waals surface area contributed by atoms with Crippen LogP contribution in [0.5, 0.6) is 11.5 Å². The van der Waals surface area contributed by atoms with Crippen molar-refractivity contribution in [3.8, 4) is 22.6 Å². The summed E-state index contributed by atoms with van der Waals surface area (Å²) in [6.45, 7) is 0. The van der Waals surface area contributed by atoms with E-state index < -0.39 is 12.1 Å². The molecule has 0 aliphatic rings. The Morgan fingerprint density at radius 3 is 2.00 bits per heavy atom. The molecule has 0 atom stereocenters. The summed E-state index contributed by atoms with van der Waals surface area (Å²) in [5.74, 6) is -0.168. The minimum Gasteiger partial charge on any atom is -0.465 e. The number of hydrogen-bond donors (Lipinski definition) is 0. The van der Waals surface area contributed by atoms with Crippen LogP contribution in [0, 0.1) is 0 Å². The highest BCUT2D eigenvalue weighted by atomic mass is 16.7. The number of esters is 1. The summed E-state index contributed by atoms with van der Waals surface area (Å²) >= 11 is 0. The van der Waals surface area contributed by atoms with Crippen LogP contribution in [0.3, 0.4) is 0 Å². The number of rotatable bonds is 4. The first-order valence-corrected chi connectivity index (χ1v) is 7.90. The molecule has 3 aromatic carbocycles.